The summed E-state index contributed by atoms with van der Waals surface area (Å²) in [6, 6.07) is 3.96. The number of hydrogen-bond acceptors (Lipinski definition) is 4. The number of esters is 1. The van der Waals surface area contributed by atoms with E-state index in [2.05, 4.69) is 4.74 Å². The fraction of sp³-hybridized carbons (Fsp3) is 0.385. The highest BCUT2D eigenvalue weighted by Gasteiger charge is 2.23. The third-order valence-corrected chi connectivity index (χ3v) is 2.34. The second-order valence-electron chi connectivity index (χ2n) is 3.55. The van der Waals surface area contributed by atoms with Crippen molar-refractivity contribution in [3.63, 3.8) is 0 Å². The van der Waals surface area contributed by atoms with Crippen LogP contribution in [0.25, 0.3) is 0 Å². The molecule has 0 heterocycles. The number of ketones is 1. The average molecular weight is 272 g/mol. The maximum Gasteiger partial charge on any atom is 0.387 e. The van der Waals surface area contributed by atoms with E-state index in [1.807, 2.05) is 0 Å². The van der Waals surface area contributed by atoms with Crippen LogP contribution in [0.5, 0.6) is 5.75 Å². The smallest absolute Gasteiger partial charge is 0.387 e. The molecule has 6 heteroatoms. The molecule has 0 aliphatic heterocycles. The SMILES string of the molecule is CCOC(=O)c1c(OC(F)F)cccc1C(=O)CC. The maximum atomic E-state index is 12.3. The fourth-order valence-corrected chi connectivity index (χ4v) is 1.56. The number of ether oxygens (including phenoxy) is 2. The molecule has 104 valence electrons. The monoisotopic (exact) mass is 272 g/mol. The van der Waals surface area contributed by atoms with Crippen LogP contribution in [0.3, 0.4) is 0 Å². The summed E-state index contributed by atoms with van der Waals surface area (Å²) in [7, 11) is 0. The molecule has 0 aromatic heterocycles. The highest BCUT2D eigenvalue weighted by molar-refractivity contribution is 6.07. The molecule has 1 aromatic carbocycles. The van der Waals surface area contributed by atoms with Crippen molar-refractivity contribution in [2.24, 2.45) is 0 Å². The Bertz CT molecular complexity index is 472. The minimum absolute atomic E-state index is 0.0269. The van der Waals surface area contributed by atoms with Crippen molar-refractivity contribution in [1.82, 2.24) is 0 Å². The van der Waals surface area contributed by atoms with E-state index in [0.29, 0.717) is 0 Å². The van der Waals surface area contributed by atoms with Crippen molar-refractivity contribution >= 4 is 11.8 Å². The Morgan fingerprint density at radius 2 is 1.95 bits per heavy atom. The number of hydrogen-bond donors (Lipinski definition) is 0. The zero-order chi connectivity index (χ0) is 14.4. The second-order valence-corrected chi connectivity index (χ2v) is 3.55. The van der Waals surface area contributed by atoms with Gasteiger partial charge < -0.3 is 9.47 Å². The number of rotatable bonds is 6. The number of Topliss-reactive ketones (excluding diaryl/α,β-unsaturated/α-hetero) is 1. The van der Waals surface area contributed by atoms with E-state index in [-0.39, 0.29) is 35.7 Å². The van der Waals surface area contributed by atoms with Gasteiger partial charge in [-0.05, 0) is 13.0 Å². The van der Waals surface area contributed by atoms with Crippen molar-refractivity contribution in [2.45, 2.75) is 26.9 Å². The van der Waals surface area contributed by atoms with Crippen LogP contribution in [0.15, 0.2) is 18.2 Å². The molecule has 0 unspecified atom stereocenters. The lowest BCUT2D eigenvalue weighted by Gasteiger charge is -2.13. The second kappa shape index (κ2) is 6.82. The van der Waals surface area contributed by atoms with Gasteiger partial charge in [0.2, 0.25) is 0 Å². The molecule has 1 aromatic rings. The van der Waals surface area contributed by atoms with E-state index in [1.165, 1.54) is 18.2 Å². The molecule has 0 fully saturated rings. The van der Waals surface area contributed by atoms with E-state index in [1.54, 1.807) is 13.8 Å². The number of halogens is 2. The summed E-state index contributed by atoms with van der Waals surface area (Å²) in [5.74, 6) is -1.55. The molecule has 1 rings (SSSR count). The minimum Gasteiger partial charge on any atom is -0.462 e. The molecular formula is C13H14F2O4. The van der Waals surface area contributed by atoms with E-state index in [0.717, 1.165) is 0 Å². The molecule has 0 spiro atoms. The van der Waals surface area contributed by atoms with Crippen molar-refractivity contribution in [3.05, 3.63) is 29.3 Å². The number of benzene rings is 1. The first kappa shape index (κ1) is 15.1. The van der Waals surface area contributed by atoms with Crippen LogP contribution in [-0.2, 0) is 4.74 Å². The van der Waals surface area contributed by atoms with Crippen LogP contribution in [0.4, 0.5) is 8.78 Å². The molecular weight excluding hydrogens is 258 g/mol. The average Bonchev–Trinajstić information content (AvgIpc) is 2.37. The summed E-state index contributed by atoms with van der Waals surface area (Å²) in [5, 5.41) is 0. The van der Waals surface area contributed by atoms with Gasteiger partial charge in [0.25, 0.3) is 0 Å². The molecule has 0 bridgehead atoms. The number of carbonyl (C=O) groups excluding carboxylic acids is 2. The highest BCUT2D eigenvalue weighted by Crippen LogP contribution is 2.26. The summed E-state index contributed by atoms with van der Waals surface area (Å²) in [4.78, 5) is 23.5. The van der Waals surface area contributed by atoms with E-state index in [9.17, 15) is 18.4 Å². The van der Waals surface area contributed by atoms with Crippen molar-refractivity contribution in [3.8, 4) is 5.75 Å². The summed E-state index contributed by atoms with van der Waals surface area (Å²) in [5.41, 5.74) is -0.226. The van der Waals surface area contributed by atoms with Gasteiger partial charge >= 0.3 is 12.6 Å². The van der Waals surface area contributed by atoms with Gasteiger partial charge in [-0.15, -0.1) is 0 Å². The van der Waals surface area contributed by atoms with Gasteiger partial charge in [0.15, 0.2) is 5.78 Å². The first-order valence-electron chi connectivity index (χ1n) is 5.79. The van der Waals surface area contributed by atoms with Gasteiger partial charge in [-0.3, -0.25) is 4.79 Å². The van der Waals surface area contributed by atoms with Gasteiger partial charge in [-0.25, -0.2) is 4.79 Å². The van der Waals surface area contributed by atoms with E-state index < -0.39 is 12.6 Å². The lowest BCUT2D eigenvalue weighted by molar-refractivity contribution is -0.0505. The Hall–Kier alpha value is -1.98. The van der Waals surface area contributed by atoms with Crippen LogP contribution in [0, 0.1) is 0 Å². The third-order valence-electron chi connectivity index (χ3n) is 2.34. The fourth-order valence-electron chi connectivity index (χ4n) is 1.56. The van der Waals surface area contributed by atoms with Crippen LogP contribution in [0.1, 0.15) is 41.0 Å². The molecule has 0 aliphatic rings. The normalized spacial score (nSPS) is 10.4. The van der Waals surface area contributed by atoms with Gasteiger partial charge in [0.05, 0.1) is 6.61 Å². The number of alkyl halides is 2. The molecule has 19 heavy (non-hydrogen) atoms. The van der Waals surface area contributed by atoms with Crippen LogP contribution < -0.4 is 4.74 Å². The van der Waals surface area contributed by atoms with Crippen LogP contribution in [-0.4, -0.2) is 25.0 Å². The van der Waals surface area contributed by atoms with Gasteiger partial charge in [-0.2, -0.15) is 8.78 Å². The van der Waals surface area contributed by atoms with Crippen molar-refractivity contribution in [1.29, 1.82) is 0 Å². The quantitative estimate of drug-likeness (QED) is 0.590. The highest BCUT2D eigenvalue weighted by atomic mass is 19.3. The zero-order valence-electron chi connectivity index (χ0n) is 10.6. The summed E-state index contributed by atoms with van der Waals surface area (Å²) >= 11 is 0. The van der Waals surface area contributed by atoms with E-state index in [4.69, 9.17) is 4.74 Å². The summed E-state index contributed by atoms with van der Waals surface area (Å²) in [6.07, 6.45) is 0.143. The first-order valence-corrected chi connectivity index (χ1v) is 5.79. The van der Waals surface area contributed by atoms with Gasteiger partial charge in [0.1, 0.15) is 11.3 Å². The van der Waals surface area contributed by atoms with Gasteiger partial charge in [0, 0.05) is 12.0 Å². The molecule has 0 amide bonds. The lowest BCUT2D eigenvalue weighted by Crippen LogP contribution is -2.15. The molecule has 0 N–H and O–H groups in total. The predicted octanol–water partition coefficient (Wildman–Crippen LogP) is 3.06. The number of carbonyl (C=O) groups is 2. The predicted molar refractivity (Wildman–Crippen MR) is 63.7 cm³/mol. The molecule has 0 aliphatic carbocycles. The minimum atomic E-state index is -3.08. The Balaban J connectivity index is 3.31. The maximum absolute atomic E-state index is 12.3. The lowest BCUT2D eigenvalue weighted by atomic mass is 10.0. The van der Waals surface area contributed by atoms with Gasteiger partial charge in [-0.1, -0.05) is 19.1 Å². The van der Waals surface area contributed by atoms with Crippen molar-refractivity contribution < 1.29 is 27.8 Å². The largest absolute Gasteiger partial charge is 0.462 e. The summed E-state index contributed by atoms with van der Waals surface area (Å²) in [6.45, 7) is 0.176. The third kappa shape index (κ3) is 3.74. The molecule has 0 saturated heterocycles. The Kier molecular flexibility index (Phi) is 5.41. The topological polar surface area (TPSA) is 52.6 Å². The summed E-state index contributed by atoms with van der Waals surface area (Å²) < 4.78 is 33.6. The zero-order valence-corrected chi connectivity index (χ0v) is 10.6. The van der Waals surface area contributed by atoms with Crippen LogP contribution in [0.2, 0.25) is 0 Å². The van der Waals surface area contributed by atoms with Crippen LogP contribution >= 0.6 is 0 Å². The molecule has 4 nitrogen and oxygen atoms in total. The molecule has 0 atom stereocenters. The molecule has 0 saturated carbocycles. The first-order chi connectivity index (χ1) is 9.01. The molecule has 0 radical (unpaired) electrons. The standard InChI is InChI=1S/C13H14F2O4/c1-3-9(16)8-6-5-7-10(19-13(14)15)11(8)12(17)18-4-2/h5-7,13H,3-4H2,1-2H3. The van der Waals surface area contributed by atoms with E-state index >= 15 is 0 Å². The Labute approximate surface area is 109 Å². The Morgan fingerprint density at radius 1 is 1.26 bits per heavy atom. The Morgan fingerprint density at radius 3 is 2.47 bits per heavy atom. The van der Waals surface area contributed by atoms with Crippen molar-refractivity contribution in [2.75, 3.05) is 6.61 Å².